The zero-order chi connectivity index (χ0) is 22.1. The summed E-state index contributed by atoms with van der Waals surface area (Å²) in [6.07, 6.45) is 0.738. The second-order valence-corrected chi connectivity index (χ2v) is 8.09. The van der Waals surface area contributed by atoms with Crippen molar-refractivity contribution in [1.82, 2.24) is 15.5 Å². The van der Waals surface area contributed by atoms with Crippen molar-refractivity contribution in [1.29, 1.82) is 0 Å². The second-order valence-electron chi connectivity index (χ2n) is 7.69. The molecule has 1 fully saturated rings. The van der Waals surface area contributed by atoms with Gasteiger partial charge in [-0.05, 0) is 48.2 Å². The van der Waals surface area contributed by atoms with E-state index in [-0.39, 0.29) is 11.8 Å². The van der Waals surface area contributed by atoms with Gasteiger partial charge in [-0.15, -0.1) is 0 Å². The van der Waals surface area contributed by atoms with Crippen molar-refractivity contribution in [3.63, 3.8) is 0 Å². The highest BCUT2D eigenvalue weighted by Gasteiger charge is 2.36. The van der Waals surface area contributed by atoms with Crippen LogP contribution >= 0.6 is 11.6 Å². The van der Waals surface area contributed by atoms with Gasteiger partial charge in [0.05, 0.1) is 6.04 Å². The molecular weight excluding hydrogens is 420 g/mol. The summed E-state index contributed by atoms with van der Waals surface area (Å²) < 4.78 is 0. The molecule has 0 aliphatic carbocycles. The van der Waals surface area contributed by atoms with Crippen molar-refractivity contribution in [3.8, 4) is 0 Å². The Bertz CT molecular complexity index is 1100. The summed E-state index contributed by atoms with van der Waals surface area (Å²) >= 11 is 6.07. The first kappa shape index (κ1) is 21.0. The number of imide groups is 2. The zero-order valence-corrected chi connectivity index (χ0v) is 17.6. The number of amides is 5. The number of nitrogens with one attached hydrogen (secondary N) is 3. The number of nitrogens with zero attached hydrogens (tertiary/aromatic N) is 1. The van der Waals surface area contributed by atoms with Crippen LogP contribution in [0.4, 0.5) is 10.5 Å². The summed E-state index contributed by atoms with van der Waals surface area (Å²) in [7, 11) is 0. The summed E-state index contributed by atoms with van der Waals surface area (Å²) in [5, 5.41) is 7.82. The lowest BCUT2D eigenvalue weighted by molar-refractivity contribution is -0.137. The molecule has 160 valence electrons. The molecule has 0 saturated carbocycles. The smallest absolute Gasteiger partial charge is 0.308 e. The van der Waals surface area contributed by atoms with Gasteiger partial charge < -0.3 is 5.32 Å². The van der Waals surface area contributed by atoms with E-state index in [9.17, 15) is 19.2 Å². The molecule has 4 rings (SSSR count). The first-order valence-electron chi connectivity index (χ1n) is 9.89. The highest BCUT2D eigenvalue weighted by Crippen LogP contribution is 2.29. The van der Waals surface area contributed by atoms with Gasteiger partial charge in [0.1, 0.15) is 0 Å². The maximum absolute atomic E-state index is 12.8. The number of piperidine rings is 1. The topological polar surface area (TPSA) is 108 Å². The molecule has 3 N–H and O–H groups in total. The maximum Gasteiger partial charge on any atom is 0.326 e. The third-order valence-corrected chi connectivity index (χ3v) is 5.97. The average Bonchev–Trinajstić information content (AvgIpc) is 3.14. The van der Waals surface area contributed by atoms with Gasteiger partial charge >= 0.3 is 6.03 Å². The molecule has 1 saturated heterocycles. The van der Waals surface area contributed by atoms with Crippen molar-refractivity contribution in [3.05, 3.63) is 63.7 Å². The lowest BCUT2D eigenvalue weighted by atomic mass is 10.0. The summed E-state index contributed by atoms with van der Waals surface area (Å²) in [4.78, 5) is 50.6. The Morgan fingerprint density at radius 2 is 1.97 bits per heavy atom. The van der Waals surface area contributed by atoms with E-state index in [0.717, 1.165) is 16.7 Å². The molecule has 0 bridgehead atoms. The van der Waals surface area contributed by atoms with E-state index in [1.54, 1.807) is 30.3 Å². The van der Waals surface area contributed by atoms with Crippen molar-refractivity contribution in [2.45, 2.75) is 38.9 Å². The van der Waals surface area contributed by atoms with E-state index >= 15 is 0 Å². The number of hydrogen-bond donors (Lipinski definition) is 3. The number of anilines is 1. The summed E-state index contributed by atoms with van der Waals surface area (Å²) in [6, 6.07) is 9.29. The Morgan fingerprint density at radius 3 is 2.71 bits per heavy atom. The van der Waals surface area contributed by atoms with Crippen LogP contribution in [0.2, 0.25) is 5.02 Å². The van der Waals surface area contributed by atoms with Crippen LogP contribution in [-0.2, 0) is 22.7 Å². The largest absolute Gasteiger partial charge is 0.326 e. The van der Waals surface area contributed by atoms with Gasteiger partial charge in [-0.2, -0.15) is 0 Å². The molecule has 2 aromatic carbocycles. The average molecular weight is 441 g/mol. The summed E-state index contributed by atoms with van der Waals surface area (Å²) in [6.45, 7) is 2.74. The molecule has 0 radical (unpaired) electrons. The predicted molar refractivity (Wildman–Crippen MR) is 115 cm³/mol. The quantitative estimate of drug-likeness (QED) is 0.636. The number of aryl methyl sites for hydroxylation is 1. The first-order valence-corrected chi connectivity index (χ1v) is 10.3. The minimum atomic E-state index is -0.664. The molecule has 2 aromatic rings. The lowest BCUT2D eigenvalue weighted by Crippen LogP contribution is -2.50. The standard InChI is InChI=1S/C22H21ClN4O4/c1-12-5-6-14(9-17(12)23)24-22(31)26-20(29)15-4-2-3-13-10-27(11-16(13)15)18-7-8-19(28)25-21(18)30/h2-6,9,18H,7-8,10-11H2,1H3,(H,25,28,30)(H2,24,26,29,31). The SMILES string of the molecule is Cc1ccc(NC(=O)NC(=O)c2cccc3c2CN(C2CCC(=O)NC2=O)C3)cc1Cl. The number of carbonyl (C=O) groups excluding carboxylic acids is 4. The third kappa shape index (κ3) is 4.45. The van der Waals surface area contributed by atoms with Crippen LogP contribution in [0.1, 0.15) is 39.9 Å². The minimum Gasteiger partial charge on any atom is -0.308 e. The molecule has 9 heteroatoms. The maximum atomic E-state index is 12.8. The predicted octanol–water partition coefficient (Wildman–Crippen LogP) is 2.73. The van der Waals surface area contributed by atoms with Crippen LogP contribution < -0.4 is 16.0 Å². The third-order valence-electron chi connectivity index (χ3n) is 5.56. The van der Waals surface area contributed by atoms with Crippen LogP contribution in [0.25, 0.3) is 0 Å². The fraction of sp³-hybridized carbons (Fsp3) is 0.273. The molecular formula is C22H21ClN4O4. The Labute approximate surface area is 183 Å². The van der Waals surface area contributed by atoms with E-state index < -0.39 is 18.0 Å². The summed E-state index contributed by atoms with van der Waals surface area (Å²) in [5.41, 5.74) is 3.43. The Morgan fingerprint density at radius 1 is 1.16 bits per heavy atom. The van der Waals surface area contributed by atoms with Gasteiger partial charge in [0, 0.05) is 35.8 Å². The normalized spacial score (nSPS) is 18.3. The molecule has 5 amide bonds. The van der Waals surface area contributed by atoms with E-state index in [2.05, 4.69) is 16.0 Å². The van der Waals surface area contributed by atoms with Gasteiger partial charge in [-0.3, -0.25) is 29.9 Å². The number of hydrogen-bond acceptors (Lipinski definition) is 5. The van der Waals surface area contributed by atoms with Crippen molar-refractivity contribution < 1.29 is 19.2 Å². The molecule has 2 aliphatic rings. The van der Waals surface area contributed by atoms with Gasteiger partial charge in [-0.25, -0.2) is 4.79 Å². The van der Waals surface area contributed by atoms with Gasteiger partial charge in [0.2, 0.25) is 11.8 Å². The van der Waals surface area contributed by atoms with Crippen LogP contribution in [-0.4, -0.2) is 34.7 Å². The van der Waals surface area contributed by atoms with Gasteiger partial charge in [-0.1, -0.05) is 29.8 Å². The van der Waals surface area contributed by atoms with E-state index in [4.69, 9.17) is 11.6 Å². The Balaban J connectivity index is 1.44. The Hall–Kier alpha value is -3.23. The fourth-order valence-electron chi connectivity index (χ4n) is 3.91. The van der Waals surface area contributed by atoms with Crippen LogP contribution in [0.3, 0.4) is 0 Å². The first-order chi connectivity index (χ1) is 14.8. The zero-order valence-electron chi connectivity index (χ0n) is 16.8. The second kappa shape index (κ2) is 8.49. The van der Waals surface area contributed by atoms with E-state index in [1.165, 1.54) is 0 Å². The molecule has 2 heterocycles. The molecule has 8 nitrogen and oxygen atoms in total. The van der Waals surface area contributed by atoms with Gasteiger partial charge in [0.15, 0.2) is 0 Å². The van der Waals surface area contributed by atoms with Gasteiger partial charge in [0.25, 0.3) is 5.91 Å². The molecule has 1 unspecified atom stereocenters. The monoisotopic (exact) mass is 440 g/mol. The number of carbonyl (C=O) groups is 4. The molecule has 31 heavy (non-hydrogen) atoms. The molecule has 1 atom stereocenters. The van der Waals surface area contributed by atoms with Crippen molar-refractivity contribution in [2.75, 3.05) is 5.32 Å². The molecule has 0 aromatic heterocycles. The van der Waals surface area contributed by atoms with Crippen molar-refractivity contribution in [2.24, 2.45) is 0 Å². The van der Waals surface area contributed by atoms with Crippen molar-refractivity contribution >= 4 is 41.0 Å². The number of rotatable bonds is 3. The van der Waals surface area contributed by atoms with Crippen LogP contribution in [0.15, 0.2) is 36.4 Å². The Kier molecular flexibility index (Phi) is 5.75. The highest BCUT2D eigenvalue weighted by atomic mass is 35.5. The van der Waals surface area contributed by atoms with E-state index in [0.29, 0.717) is 42.2 Å². The fourth-order valence-corrected chi connectivity index (χ4v) is 4.09. The minimum absolute atomic E-state index is 0.265. The number of halogens is 1. The molecule has 0 spiro atoms. The number of benzene rings is 2. The lowest BCUT2D eigenvalue weighted by Gasteiger charge is -2.29. The highest BCUT2D eigenvalue weighted by molar-refractivity contribution is 6.31. The van der Waals surface area contributed by atoms with E-state index in [1.807, 2.05) is 17.9 Å². The number of fused-ring (bicyclic) bond motifs is 1. The summed E-state index contributed by atoms with van der Waals surface area (Å²) in [5.74, 6) is -1.11. The number of urea groups is 1. The van der Waals surface area contributed by atoms with Crippen LogP contribution in [0, 0.1) is 6.92 Å². The van der Waals surface area contributed by atoms with Crippen LogP contribution in [0.5, 0.6) is 0 Å². The molecule has 2 aliphatic heterocycles.